The van der Waals surface area contributed by atoms with Crippen molar-refractivity contribution in [2.45, 2.75) is 82.1 Å². The molecule has 2 aliphatic rings. The molecule has 2 atom stereocenters. The Hall–Kier alpha value is -0.823. The van der Waals surface area contributed by atoms with E-state index in [4.69, 9.17) is 0 Å². The van der Waals surface area contributed by atoms with Crippen molar-refractivity contribution < 1.29 is 0 Å². The SMILES string of the molecule is CCC1=C(C(C)(C)C)C([SiH2]C2=[C]C(C)C(CC)=C2C(C)(C)C)=[C]C1C. The van der Waals surface area contributed by atoms with Gasteiger partial charge in [0.2, 0.25) is 0 Å². The Labute approximate surface area is 159 Å². The first-order chi connectivity index (χ1) is 11.4. The quantitative estimate of drug-likeness (QED) is 0.517. The Balaban J connectivity index is 2.46. The van der Waals surface area contributed by atoms with Crippen LogP contribution in [0.1, 0.15) is 82.1 Å². The molecule has 0 amide bonds. The van der Waals surface area contributed by atoms with E-state index < -0.39 is 9.52 Å². The molecule has 25 heavy (non-hydrogen) atoms. The van der Waals surface area contributed by atoms with Crippen molar-refractivity contribution in [2.24, 2.45) is 22.7 Å². The van der Waals surface area contributed by atoms with Crippen molar-refractivity contribution in [3.05, 3.63) is 44.8 Å². The lowest BCUT2D eigenvalue weighted by atomic mass is 9.82. The van der Waals surface area contributed by atoms with Gasteiger partial charge in [0, 0.05) is 11.8 Å². The average Bonchev–Trinajstić information content (AvgIpc) is 2.94. The third-order valence-corrected chi connectivity index (χ3v) is 7.51. The maximum absolute atomic E-state index is 3.88. The third kappa shape index (κ3) is 3.97. The highest BCUT2D eigenvalue weighted by molar-refractivity contribution is 6.56. The molecule has 0 aromatic rings. The first kappa shape index (κ1) is 20.5. The van der Waals surface area contributed by atoms with Gasteiger partial charge in [-0.05, 0) is 47.0 Å². The molecule has 138 valence electrons. The largest absolute Gasteiger partial charge is 0.0890 e. The molecule has 0 aliphatic heterocycles. The van der Waals surface area contributed by atoms with Gasteiger partial charge in [-0.25, -0.2) is 0 Å². The van der Waals surface area contributed by atoms with Crippen LogP contribution in [-0.4, -0.2) is 9.52 Å². The van der Waals surface area contributed by atoms with Crippen LogP contribution in [0.5, 0.6) is 0 Å². The molecule has 0 heterocycles. The highest BCUT2D eigenvalue weighted by atomic mass is 28.2. The molecule has 2 unspecified atom stereocenters. The molecular formula is C24H38Si. The Morgan fingerprint density at radius 2 is 1.04 bits per heavy atom. The van der Waals surface area contributed by atoms with Gasteiger partial charge in [0.15, 0.2) is 0 Å². The van der Waals surface area contributed by atoms with Crippen LogP contribution in [0.4, 0.5) is 0 Å². The first-order valence-electron chi connectivity index (χ1n) is 10.1. The van der Waals surface area contributed by atoms with Crippen LogP contribution < -0.4 is 0 Å². The third-order valence-electron chi connectivity index (χ3n) is 5.69. The van der Waals surface area contributed by atoms with Crippen molar-refractivity contribution >= 4 is 9.52 Å². The van der Waals surface area contributed by atoms with Gasteiger partial charge in [-0.1, -0.05) is 90.8 Å². The summed E-state index contributed by atoms with van der Waals surface area (Å²) >= 11 is 0. The monoisotopic (exact) mass is 354 g/mol. The zero-order chi connectivity index (χ0) is 19.2. The molecule has 0 aromatic carbocycles. The van der Waals surface area contributed by atoms with Crippen LogP contribution in [-0.2, 0) is 0 Å². The number of rotatable bonds is 4. The maximum Gasteiger partial charge on any atom is 0.0890 e. The minimum Gasteiger partial charge on any atom is -0.0616 e. The van der Waals surface area contributed by atoms with Gasteiger partial charge in [0.25, 0.3) is 0 Å². The van der Waals surface area contributed by atoms with E-state index in [-0.39, 0.29) is 10.8 Å². The Kier molecular flexibility index (Phi) is 5.79. The molecular weight excluding hydrogens is 316 g/mol. The van der Waals surface area contributed by atoms with Crippen molar-refractivity contribution in [2.75, 3.05) is 0 Å². The van der Waals surface area contributed by atoms with Gasteiger partial charge in [-0.15, -0.1) is 0 Å². The van der Waals surface area contributed by atoms with Gasteiger partial charge < -0.3 is 0 Å². The van der Waals surface area contributed by atoms with Crippen LogP contribution in [0.3, 0.4) is 0 Å². The van der Waals surface area contributed by atoms with Gasteiger partial charge in [-0.3, -0.25) is 0 Å². The van der Waals surface area contributed by atoms with Crippen molar-refractivity contribution in [3.8, 4) is 0 Å². The van der Waals surface area contributed by atoms with E-state index in [1.54, 1.807) is 32.7 Å². The molecule has 2 aliphatic carbocycles. The van der Waals surface area contributed by atoms with Crippen LogP contribution >= 0.6 is 0 Å². The fourth-order valence-corrected chi connectivity index (χ4v) is 7.99. The van der Waals surface area contributed by atoms with E-state index in [0.717, 1.165) is 12.8 Å². The van der Waals surface area contributed by atoms with Gasteiger partial charge in [-0.2, -0.15) is 0 Å². The smallest absolute Gasteiger partial charge is 0.0616 e. The molecule has 2 rings (SSSR count). The standard InChI is InChI=1S/C24H38Si/c1-11-17-15(3)13-19(21(17)23(5,6)7)25-20-14-16(4)18(12-2)22(20)24(8,9)10/h15-16H,11-12,25H2,1-10H3. The zero-order valence-electron chi connectivity index (χ0n) is 18.3. The predicted molar refractivity (Wildman–Crippen MR) is 114 cm³/mol. The van der Waals surface area contributed by atoms with Gasteiger partial charge >= 0.3 is 0 Å². The molecule has 0 N–H and O–H groups in total. The summed E-state index contributed by atoms with van der Waals surface area (Å²) in [5.41, 5.74) is 6.92. The van der Waals surface area contributed by atoms with Crippen LogP contribution in [0.2, 0.25) is 0 Å². The molecule has 0 fully saturated rings. The fourth-order valence-electron chi connectivity index (χ4n) is 4.95. The first-order valence-corrected chi connectivity index (χ1v) is 11.6. The second-order valence-corrected chi connectivity index (χ2v) is 11.6. The molecule has 0 saturated heterocycles. The second-order valence-electron chi connectivity index (χ2n) is 9.87. The average molecular weight is 355 g/mol. The lowest BCUT2D eigenvalue weighted by Gasteiger charge is -2.29. The topological polar surface area (TPSA) is 0 Å². The highest BCUT2D eigenvalue weighted by Gasteiger charge is 2.35. The summed E-state index contributed by atoms with van der Waals surface area (Å²) in [6.07, 6.45) is 10.1. The molecule has 0 spiro atoms. The highest BCUT2D eigenvalue weighted by Crippen LogP contribution is 2.46. The van der Waals surface area contributed by atoms with Crippen molar-refractivity contribution in [3.63, 3.8) is 0 Å². The summed E-state index contributed by atoms with van der Waals surface area (Å²) in [4.78, 5) is 0. The molecule has 0 saturated carbocycles. The minimum absolute atomic E-state index is 0.218. The summed E-state index contributed by atoms with van der Waals surface area (Å²) in [6.45, 7) is 23.5. The summed E-state index contributed by atoms with van der Waals surface area (Å²) in [5, 5.41) is 3.15. The van der Waals surface area contributed by atoms with E-state index in [2.05, 4.69) is 81.4 Å². The van der Waals surface area contributed by atoms with Crippen LogP contribution in [0.25, 0.3) is 0 Å². The zero-order valence-corrected chi connectivity index (χ0v) is 19.7. The summed E-state index contributed by atoms with van der Waals surface area (Å²) in [7, 11) is -0.541. The van der Waals surface area contributed by atoms with Crippen LogP contribution in [0.15, 0.2) is 32.7 Å². The van der Waals surface area contributed by atoms with E-state index in [0.29, 0.717) is 11.8 Å². The van der Waals surface area contributed by atoms with Crippen molar-refractivity contribution in [1.82, 2.24) is 0 Å². The molecule has 1 heteroatoms. The number of hydrogen-bond acceptors (Lipinski definition) is 0. The van der Waals surface area contributed by atoms with E-state index >= 15 is 0 Å². The van der Waals surface area contributed by atoms with E-state index in [9.17, 15) is 0 Å². The Morgan fingerprint density at radius 1 is 0.720 bits per heavy atom. The van der Waals surface area contributed by atoms with Crippen molar-refractivity contribution in [1.29, 1.82) is 0 Å². The normalized spacial score (nSPS) is 25.5. The molecule has 2 radical (unpaired) electrons. The maximum atomic E-state index is 3.88. The number of allylic oxidation sites excluding steroid dienone is 8. The lowest BCUT2D eigenvalue weighted by molar-refractivity contribution is 0.505. The number of hydrogen-bond donors (Lipinski definition) is 0. The summed E-state index contributed by atoms with van der Waals surface area (Å²) in [6, 6.07) is 0. The Bertz CT molecular complexity index is 595. The summed E-state index contributed by atoms with van der Waals surface area (Å²) in [5.74, 6) is 0.989. The van der Waals surface area contributed by atoms with Crippen LogP contribution in [0, 0.1) is 34.8 Å². The second kappa shape index (κ2) is 7.06. The Morgan fingerprint density at radius 3 is 1.28 bits per heavy atom. The molecule has 0 aromatic heterocycles. The fraction of sp³-hybridized carbons (Fsp3) is 0.667. The lowest BCUT2D eigenvalue weighted by Crippen LogP contribution is -2.19. The molecule has 0 bridgehead atoms. The summed E-state index contributed by atoms with van der Waals surface area (Å²) < 4.78 is 0. The van der Waals surface area contributed by atoms with E-state index in [1.165, 1.54) is 0 Å². The molecule has 0 nitrogen and oxygen atoms in total. The minimum atomic E-state index is -0.541. The van der Waals surface area contributed by atoms with Gasteiger partial charge in [0.05, 0.1) is 9.52 Å². The van der Waals surface area contributed by atoms with Gasteiger partial charge in [0.1, 0.15) is 0 Å². The predicted octanol–water partition coefficient (Wildman–Crippen LogP) is 6.33. The van der Waals surface area contributed by atoms with E-state index in [1.807, 2.05) is 0 Å².